The third-order valence-electron chi connectivity index (χ3n) is 5.54. The fourth-order valence-electron chi connectivity index (χ4n) is 3.98. The van der Waals surface area contributed by atoms with Gasteiger partial charge in [-0.1, -0.05) is 19.1 Å². The molecule has 1 unspecified atom stereocenters. The molecule has 0 spiro atoms. The van der Waals surface area contributed by atoms with E-state index in [1.165, 1.54) is 0 Å². The summed E-state index contributed by atoms with van der Waals surface area (Å²) in [5.41, 5.74) is 3.40. The van der Waals surface area contributed by atoms with Gasteiger partial charge in [0.15, 0.2) is 6.29 Å². The van der Waals surface area contributed by atoms with Gasteiger partial charge in [-0.15, -0.1) is 0 Å². The van der Waals surface area contributed by atoms with Crippen LogP contribution >= 0.6 is 0 Å². The van der Waals surface area contributed by atoms with Crippen molar-refractivity contribution in [3.8, 4) is 0 Å². The summed E-state index contributed by atoms with van der Waals surface area (Å²) < 4.78 is 14.6. The van der Waals surface area contributed by atoms with Gasteiger partial charge < -0.3 is 10.3 Å². The molecule has 0 bridgehead atoms. The summed E-state index contributed by atoms with van der Waals surface area (Å²) in [5.74, 6) is -0.601. The highest BCUT2D eigenvalue weighted by Gasteiger charge is 2.26. The van der Waals surface area contributed by atoms with Gasteiger partial charge in [0.25, 0.3) is 5.56 Å². The van der Waals surface area contributed by atoms with Crippen LogP contribution in [-0.4, -0.2) is 45.8 Å². The molecule has 0 radical (unpaired) electrons. The fourth-order valence-corrected chi connectivity index (χ4v) is 3.98. The SMILES string of the molecule is CCc1nc2ccc(CN3CCNCCC3c3ccc(C=O)nc3F)cc2[nH]c1=O. The van der Waals surface area contributed by atoms with Crippen LogP contribution in [0.25, 0.3) is 11.0 Å². The molecule has 1 fully saturated rings. The number of carbonyl (C=O) groups excluding carboxylic acids is 1. The second-order valence-electron chi connectivity index (χ2n) is 7.48. The Balaban J connectivity index is 1.65. The maximum atomic E-state index is 14.6. The minimum absolute atomic E-state index is 0.0898. The largest absolute Gasteiger partial charge is 0.319 e. The monoisotopic (exact) mass is 409 g/mol. The number of fused-ring (bicyclic) bond motifs is 1. The first-order valence-corrected chi connectivity index (χ1v) is 10.2. The molecule has 8 heteroatoms. The Kier molecular flexibility index (Phi) is 5.96. The minimum Gasteiger partial charge on any atom is -0.319 e. The molecule has 30 heavy (non-hydrogen) atoms. The molecule has 2 N–H and O–H groups in total. The van der Waals surface area contributed by atoms with Crippen molar-refractivity contribution < 1.29 is 9.18 Å². The van der Waals surface area contributed by atoms with Crippen molar-refractivity contribution >= 4 is 17.3 Å². The van der Waals surface area contributed by atoms with E-state index in [-0.39, 0.29) is 17.3 Å². The third-order valence-corrected chi connectivity index (χ3v) is 5.54. The van der Waals surface area contributed by atoms with Crippen LogP contribution in [0.1, 0.15) is 46.7 Å². The van der Waals surface area contributed by atoms with Crippen LogP contribution < -0.4 is 10.9 Å². The van der Waals surface area contributed by atoms with Crippen LogP contribution in [0, 0.1) is 5.95 Å². The number of aromatic amines is 1. The number of nitrogens with zero attached hydrogens (tertiary/aromatic N) is 3. The summed E-state index contributed by atoms with van der Waals surface area (Å²) in [6.07, 6.45) is 1.86. The zero-order chi connectivity index (χ0) is 21.1. The predicted molar refractivity (Wildman–Crippen MR) is 112 cm³/mol. The lowest BCUT2D eigenvalue weighted by Crippen LogP contribution is -2.31. The normalized spacial score (nSPS) is 17.7. The zero-order valence-electron chi connectivity index (χ0n) is 16.8. The highest BCUT2D eigenvalue weighted by Crippen LogP contribution is 2.29. The number of aromatic nitrogens is 3. The first-order valence-electron chi connectivity index (χ1n) is 10.2. The summed E-state index contributed by atoms with van der Waals surface area (Å²) in [4.78, 5) is 36.3. The standard InChI is InChI=1S/C22H24FN5O2/c1-2-17-22(30)27-19-11-14(3-6-18(19)26-17)12-28-10-9-24-8-7-20(28)16-5-4-15(13-29)25-21(16)23/h3-6,11,13,20,24H,2,7-10,12H2,1H3,(H,27,30). The molecule has 4 rings (SSSR count). The van der Waals surface area contributed by atoms with Gasteiger partial charge in [0.2, 0.25) is 5.95 Å². The van der Waals surface area contributed by atoms with E-state index in [1.54, 1.807) is 12.1 Å². The molecule has 1 saturated heterocycles. The number of hydrogen-bond acceptors (Lipinski definition) is 6. The van der Waals surface area contributed by atoms with Crippen LogP contribution in [0.3, 0.4) is 0 Å². The topological polar surface area (TPSA) is 91.0 Å². The van der Waals surface area contributed by atoms with E-state index in [9.17, 15) is 14.0 Å². The maximum Gasteiger partial charge on any atom is 0.270 e. The Bertz CT molecular complexity index is 1130. The molecule has 1 aromatic carbocycles. The second kappa shape index (κ2) is 8.81. The van der Waals surface area contributed by atoms with Gasteiger partial charge in [0, 0.05) is 31.2 Å². The molecular formula is C22H24FN5O2. The van der Waals surface area contributed by atoms with Crippen molar-refractivity contribution in [3.05, 3.63) is 69.1 Å². The van der Waals surface area contributed by atoms with E-state index in [0.717, 1.165) is 37.1 Å². The van der Waals surface area contributed by atoms with E-state index >= 15 is 0 Å². The van der Waals surface area contributed by atoms with Gasteiger partial charge in [-0.05, 0) is 43.1 Å². The highest BCUT2D eigenvalue weighted by molar-refractivity contribution is 5.74. The molecule has 1 aliphatic rings. The molecule has 1 aliphatic heterocycles. The van der Waals surface area contributed by atoms with E-state index < -0.39 is 5.95 Å². The second-order valence-corrected chi connectivity index (χ2v) is 7.48. The van der Waals surface area contributed by atoms with Crippen LogP contribution in [-0.2, 0) is 13.0 Å². The van der Waals surface area contributed by atoms with E-state index in [1.807, 2.05) is 25.1 Å². The fraction of sp³-hybridized carbons (Fsp3) is 0.364. The lowest BCUT2D eigenvalue weighted by atomic mass is 10.0. The Hall–Kier alpha value is -2.97. The molecule has 0 saturated carbocycles. The van der Waals surface area contributed by atoms with Gasteiger partial charge in [0.05, 0.1) is 11.0 Å². The van der Waals surface area contributed by atoms with Gasteiger partial charge >= 0.3 is 0 Å². The summed E-state index contributed by atoms with van der Waals surface area (Å²) in [6, 6.07) is 8.88. The molecule has 0 amide bonds. The Morgan fingerprint density at radius 1 is 1.23 bits per heavy atom. The Morgan fingerprint density at radius 2 is 2.10 bits per heavy atom. The molecule has 2 aromatic heterocycles. The number of carbonyl (C=O) groups is 1. The van der Waals surface area contributed by atoms with E-state index in [0.29, 0.717) is 36.0 Å². The molecule has 0 aliphatic carbocycles. The summed E-state index contributed by atoms with van der Waals surface area (Å²) in [6.45, 7) is 4.80. The van der Waals surface area contributed by atoms with E-state index in [4.69, 9.17) is 0 Å². The van der Waals surface area contributed by atoms with E-state index in [2.05, 4.69) is 25.2 Å². The quantitative estimate of drug-likeness (QED) is 0.497. The van der Waals surface area contributed by atoms with Crippen LogP contribution in [0.2, 0.25) is 0 Å². The van der Waals surface area contributed by atoms with Crippen LogP contribution in [0.5, 0.6) is 0 Å². The van der Waals surface area contributed by atoms with Gasteiger partial charge in [-0.3, -0.25) is 14.5 Å². The first-order chi connectivity index (χ1) is 14.6. The number of halogens is 1. The first kappa shape index (κ1) is 20.3. The Morgan fingerprint density at radius 3 is 2.87 bits per heavy atom. The number of nitrogens with one attached hydrogen (secondary N) is 2. The number of benzene rings is 1. The number of hydrogen-bond donors (Lipinski definition) is 2. The summed E-state index contributed by atoms with van der Waals surface area (Å²) in [7, 11) is 0. The molecule has 156 valence electrons. The van der Waals surface area contributed by atoms with Gasteiger partial charge in [-0.25, -0.2) is 9.97 Å². The summed E-state index contributed by atoms with van der Waals surface area (Å²) in [5, 5.41) is 3.36. The average molecular weight is 409 g/mol. The molecular weight excluding hydrogens is 385 g/mol. The van der Waals surface area contributed by atoms with Crippen molar-refractivity contribution in [2.45, 2.75) is 32.4 Å². The Labute approximate surface area is 173 Å². The van der Waals surface area contributed by atoms with Gasteiger partial charge in [0.1, 0.15) is 11.4 Å². The van der Waals surface area contributed by atoms with Crippen molar-refractivity contribution in [2.24, 2.45) is 0 Å². The number of pyridine rings is 1. The zero-order valence-corrected chi connectivity index (χ0v) is 16.8. The molecule has 1 atom stereocenters. The number of rotatable bonds is 5. The third kappa shape index (κ3) is 4.15. The number of aldehydes is 1. The molecule has 7 nitrogen and oxygen atoms in total. The maximum absolute atomic E-state index is 14.6. The lowest BCUT2D eigenvalue weighted by molar-refractivity contribution is 0.111. The number of H-pyrrole nitrogens is 1. The average Bonchev–Trinajstić information content (AvgIpc) is 2.98. The van der Waals surface area contributed by atoms with Crippen molar-refractivity contribution in [2.75, 3.05) is 19.6 Å². The number of aryl methyl sites for hydroxylation is 1. The highest BCUT2D eigenvalue weighted by atomic mass is 19.1. The summed E-state index contributed by atoms with van der Waals surface area (Å²) >= 11 is 0. The lowest BCUT2D eigenvalue weighted by Gasteiger charge is -2.30. The minimum atomic E-state index is -0.601. The van der Waals surface area contributed by atoms with Crippen LogP contribution in [0.4, 0.5) is 4.39 Å². The van der Waals surface area contributed by atoms with Crippen molar-refractivity contribution in [1.29, 1.82) is 0 Å². The molecule has 3 heterocycles. The van der Waals surface area contributed by atoms with Gasteiger partial charge in [-0.2, -0.15) is 4.39 Å². The van der Waals surface area contributed by atoms with Crippen LogP contribution in [0.15, 0.2) is 35.1 Å². The van der Waals surface area contributed by atoms with Crippen molar-refractivity contribution in [1.82, 2.24) is 25.2 Å². The molecule has 3 aromatic rings. The predicted octanol–water partition coefficient (Wildman–Crippen LogP) is 2.37. The van der Waals surface area contributed by atoms with Crippen molar-refractivity contribution in [3.63, 3.8) is 0 Å². The smallest absolute Gasteiger partial charge is 0.270 e.